The first kappa shape index (κ1) is 48.8. The fourth-order valence-corrected chi connectivity index (χ4v) is 5.53. The third-order valence-electron chi connectivity index (χ3n) is 8.75. The summed E-state index contributed by atoms with van der Waals surface area (Å²) in [7, 11) is 0. The number of esters is 2. The Kier molecular flexibility index (Phi) is 36.7. The number of allylic oxidation sites excluding steroid dienone is 8. The summed E-state index contributed by atoms with van der Waals surface area (Å²) in [5, 5.41) is 11.4. The van der Waals surface area contributed by atoms with E-state index >= 15 is 0 Å². The zero-order chi connectivity index (χ0) is 38.2. The van der Waals surface area contributed by atoms with Crippen LogP contribution >= 0.6 is 0 Å². The molecule has 0 aromatic heterocycles. The summed E-state index contributed by atoms with van der Waals surface area (Å²) in [4.78, 5) is 48.4. The van der Waals surface area contributed by atoms with Crippen molar-refractivity contribution in [2.75, 3.05) is 13.2 Å². The van der Waals surface area contributed by atoms with Crippen molar-refractivity contribution in [1.29, 1.82) is 0 Å². The number of nitrogens with one attached hydrogen (secondary N) is 1. The van der Waals surface area contributed by atoms with Crippen molar-refractivity contribution < 1.29 is 33.8 Å². The SMILES string of the molecule is CCCCC/C=C\C/C=C\CCCCCCCCOC(=O)[C@H](COC(=O)CCCCCCC/C=C\C/C=C\CCCCC)NC(=O)CCCC(=O)O. The van der Waals surface area contributed by atoms with E-state index in [1.54, 1.807) is 0 Å². The molecule has 0 fully saturated rings. The van der Waals surface area contributed by atoms with Crippen molar-refractivity contribution in [2.24, 2.45) is 0 Å². The minimum absolute atomic E-state index is 0.0397. The van der Waals surface area contributed by atoms with E-state index in [1.807, 2.05) is 0 Å². The second-order valence-electron chi connectivity index (χ2n) is 13.8. The van der Waals surface area contributed by atoms with Gasteiger partial charge in [-0.2, -0.15) is 0 Å². The molecule has 298 valence electrons. The van der Waals surface area contributed by atoms with Crippen molar-refractivity contribution in [1.82, 2.24) is 5.32 Å². The number of unbranched alkanes of at least 4 members (excludes halogenated alkanes) is 17. The molecule has 0 saturated heterocycles. The Morgan fingerprint density at radius 3 is 1.48 bits per heavy atom. The first-order chi connectivity index (χ1) is 25.4. The van der Waals surface area contributed by atoms with Crippen molar-refractivity contribution in [3.8, 4) is 0 Å². The Bertz CT molecular complexity index is 1000. The third kappa shape index (κ3) is 36.6. The lowest BCUT2D eigenvalue weighted by Crippen LogP contribution is -2.45. The quantitative estimate of drug-likeness (QED) is 0.0371. The number of rotatable bonds is 37. The molecule has 0 heterocycles. The molecule has 0 saturated carbocycles. The van der Waals surface area contributed by atoms with Crippen LogP contribution in [0.1, 0.15) is 187 Å². The van der Waals surface area contributed by atoms with E-state index in [1.165, 1.54) is 64.2 Å². The average Bonchev–Trinajstić information content (AvgIpc) is 3.12. The number of carboxylic acid groups (broad SMARTS) is 1. The lowest BCUT2D eigenvalue weighted by Gasteiger charge is -2.18. The molecule has 0 spiro atoms. The first-order valence-electron chi connectivity index (χ1n) is 20.8. The Morgan fingerprint density at radius 1 is 0.519 bits per heavy atom. The fraction of sp³-hybridized carbons (Fsp3) is 0.727. The summed E-state index contributed by atoms with van der Waals surface area (Å²) in [5.74, 6) is -2.51. The average molecular weight is 730 g/mol. The Labute approximate surface area is 317 Å². The summed E-state index contributed by atoms with van der Waals surface area (Å²) >= 11 is 0. The monoisotopic (exact) mass is 730 g/mol. The highest BCUT2D eigenvalue weighted by Crippen LogP contribution is 2.11. The number of hydrogen-bond acceptors (Lipinski definition) is 6. The van der Waals surface area contributed by atoms with Crippen LogP contribution in [0, 0.1) is 0 Å². The molecule has 0 unspecified atom stereocenters. The number of carbonyl (C=O) groups excluding carboxylic acids is 3. The predicted octanol–water partition coefficient (Wildman–Crippen LogP) is 11.4. The number of carbonyl (C=O) groups is 4. The summed E-state index contributed by atoms with van der Waals surface area (Å²) in [5.41, 5.74) is 0. The fourth-order valence-electron chi connectivity index (χ4n) is 5.53. The number of hydrogen-bond donors (Lipinski definition) is 2. The van der Waals surface area contributed by atoms with Crippen molar-refractivity contribution in [2.45, 2.75) is 193 Å². The molecule has 0 aliphatic carbocycles. The van der Waals surface area contributed by atoms with E-state index in [9.17, 15) is 19.2 Å². The summed E-state index contributed by atoms with van der Waals surface area (Å²) in [6.07, 6.45) is 43.7. The van der Waals surface area contributed by atoms with E-state index in [0.29, 0.717) is 6.42 Å². The predicted molar refractivity (Wildman–Crippen MR) is 214 cm³/mol. The molecule has 1 atom stereocenters. The largest absolute Gasteiger partial charge is 0.481 e. The maximum atomic E-state index is 12.8. The smallest absolute Gasteiger partial charge is 0.332 e. The number of amides is 1. The minimum Gasteiger partial charge on any atom is -0.481 e. The van der Waals surface area contributed by atoms with Gasteiger partial charge in [-0.05, 0) is 83.5 Å². The van der Waals surface area contributed by atoms with E-state index in [0.717, 1.165) is 77.0 Å². The zero-order valence-electron chi connectivity index (χ0n) is 33.1. The number of carboxylic acids is 1. The maximum Gasteiger partial charge on any atom is 0.332 e. The first-order valence-corrected chi connectivity index (χ1v) is 20.8. The summed E-state index contributed by atoms with van der Waals surface area (Å²) in [6, 6.07) is -1.12. The van der Waals surface area contributed by atoms with Gasteiger partial charge >= 0.3 is 17.9 Å². The molecule has 2 N–H and O–H groups in total. The summed E-state index contributed by atoms with van der Waals surface area (Å²) < 4.78 is 10.8. The maximum absolute atomic E-state index is 12.8. The molecule has 52 heavy (non-hydrogen) atoms. The van der Waals surface area contributed by atoms with Gasteiger partial charge in [-0.3, -0.25) is 14.4 Å². The molecule has 0 radical (unpaired) electrons. The van der Waals surface area contributed by atoms with Gasteiger partial charge in [0, 0.05) is 19.3 Å². The molecular formula is C44H75NO7. The Hall–Kier alpha value is -3.16. The standard InChI is InChI=1S/C44H75NO7/c1-3-5-7-9-11-13-15-17-19-21-23-25-27-29-31-33-38-51-44(50)40(45-41(46)35-34-36-42(47)48)39-52-43(49)37-32-30-28-26-24-22-20-18-16-14-12-10-8-6-4-2/h11-14,17-20,40H,3-10,15-16,21-39H2,1-2H3,(H,45,46)(H,47,48)/b13-11-,14-12-,19-17-,20-18-/t40-/m0/s1. The number of aliphatic carboxylic acids is 1. The molecule has 1 amide bonds. The summed E-state index contributed by atoms with van der Waals surface area (Å²) in [6.45, 7) is 4.38. The van der Waals surface area contributed by atoms with Gasteiger partial charge in [0.15, 0.2) is 6.04 Å². The van der Waals surface area contributed by atoms with Gasteiger partial charge < -0.3 is 19.9 Å². The molecule has 0 aromatic rings. The molecule has 0 aromatic carbocycles. The second-order valence-corrected chi connectivity index (χ2v) is 13.8. The number of ether oxygens (including phenoxy) is 2. The Balaban J connectivity index is 4.22. The molecule has 0 aliphatic rings. The molecule has 8 heteroatoms. The zero-order valence-corrected chi connectivity index (χ0v) is 33.1. The van der Waals surface area contributed by atoms with Crippen LogP contribution in [-0.4, -0.2) is 48.2 Å². The Morgan fingerprint density at radius 2 is 0.981 bits per heavy atom. The van der Waals surface area contributed by atoms with Gasteiger partial charge in [0.2, 0.25) is 5.91 Å². The van der Waals surface area contributed by atoms with Gasteiger partial charge in [0.1, 0.15) is 6.61 Å². The van der Waals surface area contributed by atoms with Gasteiger partial charge in [0.25, 0.3) is 0 Å². The third-order valence-corrected chi connectivity index (χ3v) is 8.75. The highest BCUT2D eigenvalue weighted by atomic mass is 16.6. The highest BCUT2D eigenvalue weighted by molar-refractivity contribution is 5.85. The van der Waals surface area contributed by atoms with Crippen LogP contribution in [0.3, 0.4) is 0 Å². The van der Waals surface area contributed by atoms with Gasteiger partial charge in [-0.1, -0.05) is 133 Å². The van der Waals surface area contributed by atoms with Crippen molar-refractivity contribution in [3.63, 3.8) is 0 Å². The lowest BCUT2D eigenvalue weighted by atomic mass is 10.1. The molecule has 8 nitrogen and oxygen atoms in total. The van der Waals surface area contributed by atoms with Crippen LogP contribution in [0.15, 0.2) is 48.6 Å². The van der Waals surface area contributed by atoms with Crippen LogP contribution in [-0.2, 0) is 28.7 Å². The van der Waals surface area contributed by atoms with E-state index in [4.69, 9.17) is 14.6 Å². The van der Waals surface area contributed by atoms with Gasteiger partial charge in [-0.25, -0.2) is 4.79 Å². The van der Waals surface area contributed by atoms with Gasteiger partial charge in [-0.15, -0.1) is 0 Å². The van der Waals surface area contributed by atoms with Crippen LogP contribution < -0.4 is 5.32 Å². The van der Waals surface area contributed by atoms with Crippen molar-refractivity contribution >= 4 is 23.8 Å². The topological polar surface area (TPSA) is 119 Å². The van der Waals surface area contributed by atoms with Gasteiger partial charge in [0.05, 0.1) is 6.61 Å². The highest BCUT2D eigenvalue weighted by Gasteiger charge is 2.24. The normalized spacial score (nSPS) is 12.3. The van der Waals surface area contributed by atoms with E-state index in [2.05, 4.69) is 67.8 Å². The molecule has 0 aliphatic heterocycles. The lowest BCUT2D eigenvalue weighted by molar-refractivity contribution is -0.154. The van der Waals surface area contributed by atoms with Crippen LogP contribution in [0.25, 0.3) is 0 Å². The van der Waals surface area contributed by atoms with E-state index in [-0.39, 0.29) is 38.9 Å². The van der Waals surface area contributed by atoms with Crippen LogP contribution in [0.5, 0.6) is 0 Å². The van der Waals surface area contributed by atoms with Crippen LogP contribution in [0.4, 0.5) is 0 Å². The van der Waals surface area contributed by atoms with Crippen LogP contribution in [0.2, 0.25) is 0 Å². The minimum atomic E-state index is -1.12. The van der Waals surface area contributed by atoms with Crippen molar-refractivity contribution in [3.05, 3.63) is 48.6 Å². The second kappa shape index (κ2) is 39.1. The molecular weight excluding hydrogens is 654 g/mol. The molecule has 0 bridgehead atoms. The molecule has 0 rings (SSSR count). The van der Waals surface area contributed by atoms with E-state index < -0.39 is 29.9 Å².